The van der Waals surface area contributed by atoms with E-state index in [0.717, 1.165) is 29.5 Å². The quantitative estimate of drug-likeness (QED) is 0.455. The minimum Gasteiger partial charge on any atom is -0.465 e. The van der Waals surface area contributed by atoms with Crippen LogP contribution in [0.1, 0.15) is 40.5 Å². The molecule has 164 valence electrons. The average molecular weight is 482 g/mol. The fourth-order valence-corrected chi connectivity index (χ4v) is 4.83. The van der Waals surface area contributed by atoms with Crippen LogP contribution in [0, 0.1) is 5.41 Å². The maximum atomic E-state index is 12.1. The van der Waals surface area contributed by atoms with Gasteiger partial charge in [-0.3, -0.25) is 4.79 Å². The summed E-state index contributed by atoms with van der Waals surface area (Å²) >= 11 is 3.62. The molecule has 1 fully saturated rings. The van der Waals surface area contributed by atoms with E-state index in [1.807, 2.05) is 0 Å². The lowest BCUT2D eigenvalue weighted by Gasteiger charge is -2.49. The summed E-state index contributed by atoms with van der Waals surface area (Å²) in [6, 6.07) is -0.375. The van der Waals surface area contributed by atoms with Gasteiger partial charge in [-0.25, -0.2) is 9.78 Å². The summed E-state index contributed by atoms with van der Waals surface area (Å²) in [6.45, 7) is 8.40. The summed E-state index contributed by atoms with van der Waals surface area (Å²) in [5.74, 6) is -0.515. The number of hydrogen-bond acceptors (Lipinski definition) is 5. The molecule has 3 rings (SSSR count). The molecule has 10 heteroatoms. The summed E-state index contributed by atoms with van der Waals surface area (Å²) in [7, 11) is 0. The molecule has 1 aliphatic rings. The minimum atomic E-state index is -1.15. The van der Waals surface area contributed by atoms with Gasteiger partial charge < -0.3 is 30.7 Å². The van der Waals surface area contributed by atoms with E-state index in [4.69, 9.17) is 0 Å². The maximum absolute atomic E-state index is 12.1. The number of aliphatic hydroxyl groups excluding tert-OH is 1. The Labute approximate surface area is 183 Å². The van der Waals surface area contributed by atoms with E-state index in [1.54, 1.807) is 12.4 Å². The first-order valence-electron chi connectivity index (χ1n) is 9.91. The van der Waals surface area contributed by atoms with E-state index in [9.17, 15) is 19.8 Å². The highest BCUT2D eigenvalue weighted by molar-refractivity contribution is 9.10. The number of anilines is 2. The van der Waals surface area contributed by atoms with Gasteiger partial charge in [0.05, 0.1) is 33.3 Å². The molecule has 30 heavy (non-hydrogen) atoms. The molecule has 2 amide bonds. The first-order valence-corrected chi connectivity index (χ1v) is 10.7. The highest BCUT2D eigenvalue weighted by Crippen LogP contribution is 2.43. The second-order valence-electron chi connectivity index (χ2n) is 8.75. The number of aromatic nitrogens is 2. The number of pyridine rings is 1. The number of nitrogens with one attached hydrogen (secondary N) is 3. The van der Waals surface area contributed by atoms with Crippen molar-refractivity contribution in [1.82, 2.24) is 15.3 Å². The molecule has 3 atom stereocenters. The van der Waals surface area contributed by atoms with Crippen LogP contribution < -0.4 is 15.5 Å². The predicted molar refractivity (Wildman–Crippen MR) is 119 cm³/mol. The fraction of sp³-hybridized carbons (Fsp3) is 0.550. The van der Waals surface area contributed by atoms with Gasteiger partial charge in [0.15, 0.2) is 0 Å². The molecule has 3 unspecified atom stereocenters. The lowest BCUT2D eigenvalue weighted by atomic mass is 9.77. The number of rotatable bonds is 4. The molecule has 0 radical (unpaired) electrons. The Morgan fingerprint density at radius 3 is 2.70 bits per heavy atom. The Kier molecular flexibility index (Phi) is 6.28. The van der Waals surface area contributed by atoms with Crippen LogP contribution in [0.2, 0.25) is 0 Å². The van der Waals surface area contributed by atoms with E-state index in [-0.39, 0.29) is 17.5 Å². The van der Waals surface area contributed by atoms with Crippen LogP contribution in [0.25, 0.3) is 11.0 Å². The molecule has 0 bridgehead atoms. The van der Waals surface area contributed by atoms with Gasteiger partial charge in [0, 0.05) is 18.9 Å². The van der Waals surface area contributed by atoms with Gasteiger partial charge in [-0.05, 0) is 41.1 Å². The molecule has 0 aliphatic carbocycles. The summed E-state index contributed by atoms with van der Waals surface area (Å²) in [4.78, 5) is 33.2. The summed E-state index contributed by atoms with van der Waals surface area (Å²) in [6.07, 6.45) is 2.71. The number of fused-ring (bicyclic) bond motifs is 1. The van der Waals surface area contributed by atoms with E-state index in [0.29, 0.717) is 16.7 Å². The summed E-state index contributed by atoms with van der Waals surface area (Å²) in [5.41, 5.74) is 1.71. The number of aliphatic hydroxyl groups is 1. The third-order valence-electron chi connectivity index (χ3n) is 5.38. The number of halogens is 1. The molecule has 0 saturated carbocycles. The van der Waals surface area contributed by atoms with E-state index in [2.05, 4.69) is 62.2 Å². The lowest BCUT2D eigenvalue weighted by Crippen LogP contribution is -2.60. The zero-order chi connectivity index (χ0) is 22.2. The van der Waals surface area contributed by atoms with Crippen LogP contribution in [0.15, 0.2) is 16.9 Å². The Morgan fingerprint density at radius 2 is 2.10 bits per heavy atom. The van der Waals surface area contributed by atoms with Crippen LogP contribution in [-0.4, -0.2) is 56.9 Å². The van der Waals surface area contributed by atoms with Crippen molar-refractivity contribution in [3.05, 3.63) is 16.9 Å². The number of aromatic amines is 1. The second kappa shape index (κ2) is 8.43. The smallest absolute Gasteiger partial charge is 0.404 e. The Bertz CT molecular complexity index is 953. The van der Waals surface area contributed by atoms with Gasteiger partial charge in [0.25, 0.3) is 5.91 Å². The molecule has 0 aromatic carbocycles. The molecule has 2 aromatic heterocycles. The van der Waals surface area contributed by atoms with Crippen molar-refractivity contribution < 1.29 is 19.8 Å². The minimum absolute atomic E-state index is 0.125. The van der Waals surface area contributed by atoms with Crippen LogP contribution >= 0.6 is 15.9 Å². The van der Waals surface area contributed by atoms with Crippen molar-refractivity contribution in [3.63, 3.8) is 0 Å². The third kappa shape index (κ3) is 4.39. The van der Waals surface area contributed by atoms with Crippen LogP contribution in [0.3, 0.4) is 0 Å². The SMILES string of the molecule is CC(O)C(=O)Nc1c[nH]c2ncc(Br)c(N3CCCC(NC(=O)O)C3C(C)(C)C)c12. The zero-order valence-corrected chi connectivity index (χ0v) is 19.1. The Morgan fingerprint density at radius 1 is 1.40 bits per heavy atom. The summed E-state index contributed by atoms with van der Waals surface area (Å²) < 4.78 is 0.743. The van der Waals surface area contributed by atoms with Crippen molar-refractivity contribution in [2.45, 2.75) is 58.7 Å². The van der Waals surface area contributed by atoms with Gasteiger partial charge in [-0.1, -0.05) is 20.8 Å². The summed E-state index contributed by atoms with van der Waals surface area (Å²) in [5, 5.41) is 25.1. The second-order valence-corrected chi connectivity index (χ2v) is 9.60. The average Bonchev–Trinajstić information content (AvgIpc) is 3.02. The van der Waals surface area contributed by atoms with Gasteiger partial charge >= 0.3 is 6.09 Å². The standard InChI is InChI=1S/C20H28BrN5O4/c1-10(27)18(28)24-13-9-23-17-14(13)15(11(21)8-22-17)26-7-5-6-12(25-19(29)30)16(26)20(2,3)4/h8-10,12,16,25,27H,5-7H2,1-4H3,(H,22,23)(H,24,28)(H,29,30). The molecular weight excluding hydrogens is 454 g/mol. The van der Waals surface area contributed by atoms with Gasteiger partial charge in [-0.15, -0.1) is 0 Å². The van der Waals surface area contributed by atoms with Crippen molar-refractivity contribution >= 4 is 50.3 Å². The van der Waals surface area contributed by atoms with Gasteiger partial charge in [-0.2, -0.15) is 0 Å². The topological polar surface area (TPSA) is 131 Å². The molecular formula is C20H28BrN5O4. The molecule has 0 spiro atoms. The number of carboxylic acid groups (broad SMARTS) is 1. The molecule has 9 nitrogen and oxygen atoms in total. The number of hydrogen-bond donors (Lipinski definition) is 5. The first-order chi connectivity index (χ1) is 14.0. The number of piperidine rings is 1. The lowest BCUT2D eigenvalue weighted by molar-refractivity contribution is -0.123. The van der Waals surface area contributed by atoms with E-state index >= 15 is 0 Å². The number of carbonyl (C=O) groups is 2. The fourth-order valence-electron chi connectivity index (χ4n) is 4.30. The maximum Gasteiger partial charge on any atom is 0.404 e. The normalized spacial score (nSPS) is 20.8. The Hall–Kier alpha value is -2.33. The molecule has 5 N–H and O–H groups in total. The van der Waals surface area contributed by atoms with Gasteiger partial charge in [0.1, 0.15) is 11.8 Å². The third-order valence-corrected chi connectivity index (χ3v) is 5.96. The monoisotopic (exact) mass is 481 g/mol. The molecule has 1 saturated heterocycles. The highest BCUT2D eigenvalue weighted by Gasteiger charge is 2.41. The molecule has 1 aliphatic heterocycles. The number of amides is 2. The van der Waals surface area contributed by atoms with Crippen molar-refractivity contribution in [3.8, 4) is 0 Å². The van der Waals surface area contributed by atoms with Crippen LogP contribution in [-0.2, 0) is 4.79 Å². The number of nitrogens with zero attached hydrogens (tertiary/aromatic N) is 2. The zero-order valence-electron chi connectivity index (χ0n) is 17.5. The first kappa shape index (κ1) is 22.4. The van der Waals surface area contributed by atoms with Crippen LogP contribution in [0.4, 0.5) is 16.2 Å². The largest absolute Gasteiger partial charge is 0.465 e. The van der Waals surface area contributed by atoms with Crippen molar-refractivity contribution in [1.29, 1.82) is 0 Å². The van der Waals surface area contributed by atoms with Crippen molar-refractivity contribution in [2.24, 2.45) is 5.41 Å². The van der Waals surface area contributed by atoms with Crippen molar-refractivity contribution in [2.75, 3.05) is 16.8 Å². The molecule has 2 aromatic rings. The van der Waals surface area contributed by atoms with Gasteiger partial charge in [0.2, 0.25) is 0 Å². The Balaban J connectivity index is 2.15. The van der Waals surface area contributed by atoms with E-state index in [1.165, 1.54) is 6.92 Å². The highest BCUT2D eigenvalue weighted by atomic mass is 79.9. The number of carbonyl (C=O) groups excluding carboxylic acids is 1. The molecule has 3 heterocycles. The van der Waals surface area contributed by atoms with Crippen LogP contribution in [0.5, 0.6) is 0 Å². The van der Waals surface area contributed by atoms with E-state index < -0.39 is 18.1 Å². The predicted octanol–water partition coefficient (Wildman–Crippen LogP) is 3.30. The number of H-pyrrole nitrogens is 1.